The van der Waals surface area contributed by atoms with Gasteiger partial charge in [0.25, 0.3) is 5.83 Å². The van der Waals surface area contributed by atoms with Crippen LogP contribution in [0.25, 0.3) is 0 Å². The molecule has 0 aromatic rings. The quantitative estimate of drug-likeness (QED) is 0.343. The summed E-state index contributed by atoms with van der Waals surface area (Å²) >= 11 is 0. The smallest absolute Gasteiger partial charge is 0.330 e. The first-order valence-electron chi connectivity index (χ1n) is 2.70. The van der Waals surface area contributed by atoms with Crippen LogP contribution in [-0.4, -0.2) is 22.2 Å². The van der Waals surface area contributed by atoms with Gasteiger partial charge in [0.2, 0.25) is 5.83 Å². The first kappa shape index (κ1) is 12.7. The van der Waals surface area contributed by atoms with Crippen molar-refractivity contribution in [2.45, 2.75) is 12.2 Å². The van der Waals surface area contributed by atoms with Crippen molar-refractivity contribution in [2.24, 2.45) is 0 Å². The molecule has 0 amide bonds. The van der Waals surface area contributed by atoms with E-state index in [1.807, 2.05) is 0 Å². The highest BCUT2D eigenvalue weighted by atomic mass is 19.3. The second kappa shape index (κ2) is 3.44. The van der Waals surface area contributed by atoms with Crippen LogP contribution in [0.15, 0.2) is 11.7 Å². The van der Waals surface area contributed by atoms with Gasteiger partial charge in [-0.2, -0.15) is 17.6 Å². The van der Waals surface area contributed by atoms with Gasteiger partial charge in [-0.25, -0.2) is 0 Å². The molecule has 0 aliphatic heterocycles. The largest absolute Gasteiger partial charge is 0.569 e. The minimum absolute atomic E-state index is 2.62. The Bertz CT molecular complexity index is 281. The van der Waals surface area contributed by atoms with Crippen molar-refractivity contribution in [2.75, 3.05) is 0 Å². The van der Waals surface area contributed by atoms with Gasteiger partial charge in [-0.1, -0.05) is 0 Å². The molecule has 0 aliphatic rings. The monoisotopic (exact) mass is 225 g/mol. The van der Waals surface area contributed by atoms with E-state index in [0.29, 0.717) is 0 Å². The fraction of sp³-hybridized carbons (Fsp3) is 0.500. The minimum atomic E-state index is -5.64. The number of rotatable bonds is 3. The lowest BCUT2D eigenvalue weighted by atomic mass is 10.3. The molecule has 14 heavy (non-hydrogen) atoms. The number of aliphatic hydroxyl groups is 1. The molecule has 0 aromatic carbocycles. The summed E-state index contributed by atoms with van der Waals surface area (Å²) in [6.07, 6.45) is -5.52. The van der Waals surface area contributed by atoms with Crippen LogP contribution in [0, 0.1) is 10.1 Å². The van der Waals surface area contributed by atoms with Crippen molar-refractivity contribution in [3.8, 4) is 0 Å². The van der Waals surface area contributed by atoms with Gasteiger partial charge in [-0.05, 0) is 0 Å². The van der Waals surface area contributed by atoms with E-state index in [-0.39, 0.29) is 0 Å². The summed E-state index contributed by atoms with van der Waals surface area (Å²) in [6.45, 7) is 0. The second-order valence-corrected chi connectivity index (χ2v) is 1.97. The first-order valence-corrected chi connectivity index (χ1v) is 2.70. The summed E-state index contributed by atoms with van der Waals surface area (Å²) in [5.41, 5.74) is 0. The highest BCUT2D eigenvalue weighted by Crippen LogP contribution is 2.34. The van der Waals surface area contributed by atoms with E-state index >= 15 is 0 Å². The zero-order chi connectivity index (χ0) is 11.7. The highest BCUT2D eigenvalue weighted by Gasteiger charge is 2.56. The summed E-state index contributed by atoms with van der Waals surface area (Å²) in [7, 11) is 0. The van der Waals surface area contributed by atoms with Crippen molar-refractivity contribution in [3.63, 3.8) is 0 Å². The second-order valence-electron chi connectivity index (χ2n) is 1.97. The molecular formula is C4HF6NO3. The van der Waals surface area contributed by atoms with E-state index < -0.39 is 28.7 Å². The third kappa shape index (κ3) is 2.34. The Labute approximate surface area is 71.6 Å². The topological polar surface area (TPSA) is 63.4 Å². The molecule has 0 atom stereocenters. The molecule has 0 aliphatic carbocycles. The molecule has 82 valence electrons. The maximum atomic E-state index is 12.0. The number of halogens is 6. The Morgan fingerprint density at radius 3 is 1.71 bits per heavy atom. The Hall–Kier alpha value is -1.32. The molecule has 0 saturated heterocycles. The molecule has 1 N–H and O–H groups in total. The Morgan fingerprint density at radius 1 is 1.14 bits per heavy atom. The van der Waals surface area contributed by atoms with Crippen molar-refractivity contribution in [1.82, 2.24) is 0 Å². The van der Waals surface area contributed by atoms with Gasteiger partial charge in [0.05, 0.1) is 0 Å². The van der Waals surface area contributed by atoms with Crippen LogP contribution < -0.4 is 0 Å². The molecule has 0 radical (unpaired) electrons. The molecule has 4 nitrogen and oxygen atoms in total. The van der Waals surface area contributed by atoms with E-state index in [2.05, 4.69) is 0 Å². The van der Waals surface area contributed by atoms with Crippen molar-refractivity contribution in [1.29, 1.82) is 0 Å². The van der Waals surface area contributed by atoms with Crippen molar-refractivity contribution >= 4 is 0 Å². The van der Waals surface area contributed by atoms with Gasteiger partial charge < -0.3 is 5.11 Å². The molecule has 0 saturated carbocycles. The lowest BCUT2D eigenvalue weighted by Crippen LogP contribution is -2.31. The molecule has 0 heterocycles. The fourth-order valence-corrected chi connectivity index (χ4v) is 0.344. The van der Waals surface area contributed by atoms with Gasteiger partial charge in [0.1, 0.15) is 4.92 Å². The summed E-state index contributed by atoms with van der Waals surface area (Å²) in [6, 6.07) is -5.64. The van der Waals surface area contributed by atoms with Crippen LogP contribution in [0.2, 0.25) is 0 Å². The maximum Gasteiger partial charge on any atom is 0.569 e. The standard InChI is InChI=1S/C4HF6NO3/c5-1(2(6)4(9,10)12)3(7,8)11(13)14/h12H. The van der Waals surface area contributed by atoms with Gasteiger partial charge in [0.15, 0.2) is 0 Å². The number of alkyl halides is 4. The number of nitro groups is 1. The first-order chi connectivity index (χ1) is 6.01. The maximum absolute atomic E-state index is 12.0. The van der Waals surface area contributed by atoms with Crippen LogP contribution in [0.4, 0.5) is 26.3 Å². The highest BCUT2D eigenvalue weighted by molar-refractivity contribution is 5.10. The fourth-order valence-electron chi connectivity index (χ4n) is 0.344. The molecule has 0 aromatic heterocycles. The molecule has 0 fully saturated rings. The van der Waals surface area contributed by atoms with Gasteiger partial charge in [-0.15, -0.1) is 8.78 Å². The van der Waals surface area contributed by atoms with Crippen LogP contribution >= 0.6 is 0 Å². The SMILES string of the molecule is O=[N+]([O-])C(F)(F)C(F)=C(F)C(O)(F)F. The van der Waals surface area contributed by atoms with Crippen molar-refractivity contribution in [3.05, 3.63) is 21.8 Å². The summed E-state index contributed by atoms with van der Waals surface area (Å²) in [4.78, 5) is 6.76. The Morgan fingerprint density at radius 2 is 1.50 bits per heavy atom. The minimum Gasteiger partial charge on any atom is -0.330 e. The number of nitrogens with zero attached hydrogens (tertiary/aromatic N) is 1. The number of hydrogen-bond acceptors (Lipinski definition) is 3. The number of hydrogen-bond donors (Lipinski definition) is 1. The van der Waals surface area contributed by atoms with Crippen molar-refractivity contribution < 1.29 is 36.4 Å². The zero-order valence-corrected chi connectivity index (χ0v) is 5.98. The van der Waals surface area contributed by atoms with Crippen LogP contribution in [0.3, 0.4) is 0 Å². The predicted molar refractivity (Wildman–Crippen MR) is 28.3 cm³/mol. The normalized spacial score (nSPS) is 15.1. The van der Waals surface area contributed by atoms with Gasteiger partial charge in [-0.3, -0.25) is 10.1 Å². The van der Waals surface area contributed by atoms with Crippen LogP contribution in [0.5, 0.6) is 0 Å². The molecule has 0 spiro atoms. The van der Waals surface area contributed by atoms with E-state index in [0.717, 1.165) is 0 Å². The van der Waals surface area contributed by atoms with E-state index in [4.69, 9.17) is 5.11 Å². The Kier molecular flexibility index (Phi) is 3.12. The van der Waals surface area contributed by atoms with Crippen LogP contribution in [0.1, 0.15) is 0 Å². The molecule has 10 heteroatoms. The lowest BCUT2D eigenvalue weighted by Gasteiger charge is -2.09. The molecule has 0 rings (SSSR count). The van der Waals surface area contributed by atoms with Crippen LogP contribution in [-0.2, 0) is 0 Å². The summed E-state index contributed by atoms with van der Waals surface area (Å²) in [5.74, 6) is -7.24. The summed E-state index contributed by atoms with van der Waals surface area (Å²) < 4.78 is 70.7. The van der Waals surface area contributed by atoms with E-state index in [1.165, 1.54) is 0 Å². The van der Waals surface area contributed by atoms with E-state index in [9.17, 15) is 36.5 Å². The average Bonchev–Trinajstić information content (AvgIpc) is 1.99. The molecular weight excluding hydrogens is 224 g/mol. The van der Waals surface area contributed by atoms with E-state index in [1.54, 1.807) is 0 Å². The molecule has 0 bridgehead atoms. The third-order valence-electron chi connectivity index (χ3n) is 0.950. The van der Waals surface area contributed by atoms with Gasteiger partial charge >= 0.3 is 12.2 Å². The zero-order valence-electron chi connectivity index (χ0n) is 5.98. The molecule has 0 unspecified atom stereocenters. The lowest BCUT2D eigenvalue weighted by molar-refractivity contribution is -0.633. The average molecular weight is 225 g/mol. The Balaban J connectivity index is 5.31. The van der Waals surface area contributed by atoms with Gasteiger partial charge in [0, 0.05) is 0 Å². The summed E-state index contributed by atoms with van der Waals surface area (Å²) in [5, 5.41) is 16.8. The predicted octanol–water partition coefficient (Wildman–Crippen LogP) is 1.59. The third-order valence-corrected chi connectivity index (χ3v) is 0.950.